The molecule has 0 saturated carbocycles. The van der Waals surface area contributed by atoms with Gasteiger partial charge in [-0.25, -0.2) is 13.4 Å². The van der Waals surface area contributed by atoms with E-state index in [1.807, 2.05) is 0 Å². The van der Waals surface area contributed by atoms with E-state index in [4.69, 9.17) is 11.6 Å². The summed E-state index contributed by atoms with van der Waals surface area (Å²) in [6.45, 7) is 3.21. The molecule has 1 amide bonds. The van der Waals surface area contributed by atoms with Crippen molar-refractivity contribution in [2.45, 2.75) is 36.4 Å². The van der Waals surface area contributed by atoms with Gasteiger partial charge in [-0.05, 0) is 37.6 Å². The van der Waals surface area contributed by atoms with Crippen molar-refractivity contribution >= 4 is 33.3 Å². The highest BCUT2D eigenvalue weighted by molar-refractivity contribution is 7.89. The van der Waals surface area contributed by atoms with Crippen molar-refractivity contribution in [3.63, 3.8) is 0 Å². The fourth-order valence-corrected chi connectivity index (χ4v) is 4.92. The number of anilines is 1. The van der Waals surface area contributed by atoms with Gasteiger partial charge in [0.25, 0.3) is 0 Å². The van der Waals surface area contributed by atoms with Crippen LogP contribution < -0.4 is 4.90 Å². The van der Waals surface area contributed by atoms with Crippen LogP contribution in [-0.2, 0) is 20.2 Å². The van der Waals surface area contributed by atoms with Crippen molar-refractivity contribution in [1.29, 1.82) is 0 Å². The van der Waals surface area contributed by atoms with E-state index in [2.05, 4.69) is 4.98 Å². The lowest BCUT2D eigenvalue weighted by Crippen LogP contribution is -2.39. The maximum Gasteiger partial charge on any atom is 0.409 e. The molecule has 3 rings (SSSR count). The van der Waals surface area contributed by atoms with Crippen LogP contribution in [-0.4, -0.2) is 43.9 Å². The van der Waals surface area contributed by atoms with Crippen LogP contribution in [0.1, 0.15) is 31.0 Å². The molecule has 6 nitrogen and oxygen atoms in total. The fourth-order valence-electron chi connectivity index (χ4n) is 3.49. The number of fused-ring (bicyclic) bond motifs is 1. The predicted octanol–water partition coefficient (Wildman–Crippen LogP) is 3.91. The molecule has 2 aromatic rings. The average Bonchev–Trinajstić information content (AvgIpc) is 2.82. The number of aromatic nitrogens is 1. The second kappa shape index (κ2) is 7.21. The van der Waals surface area contributed by atoms with Crippen molar-refractivity contribution in [3.8, 4) is 0 Å². The van der Waals surface area contributed by atoms with Crippen molar-refractivity contribution in [3.05, 3.63) is 52.7 Å². The Bertz CT molecular complexity index is 1100. The van der Waals surface area contributed by atoms with E-state index < -0.39 is 32.6 Å². The number of alkyl halides is 3. The van der Waals surface area contributed by atoms with E-state index in [9.17, 15) is 26.4 Å². The number of hydrogen-bond donors (Lipinski definition) is 0. The van der Waals surface area contributed by atoms with Gasteiger partial charge in [-0.3, -0.25) is 9.69 Å². The summed E-state index contributed by atoms with van der Waals surface area (Å²) in [5.41, 5.74) is -0.997. The van der Waals surface area contributed by atoms with Crippen LogP contribution in [0.5, 0.6) is 0 Å². The molecule has 1 aliphatic rings. The molecule has 162 valence electrons. The van der Waals surface area contributed by atoms with Crippen LogP contribution in [0.2, 0.25) is 5.02 Å². The maximum atomic E-state index is 13.8. The monoisotopic (exact) mass is 461 g/mol. The number of nitrogens with zero attached hydrogens (tertiary/aromatic N) is 3. The number of carbonyl (C=O) groups excluding carboxylic acids is 1. The first-order valence-corrected chi connectivity index (χ1v) is 10.6. The van der Waals surface area contributed by atoms with Crippen molar-refractivity contribution in [1.82, 2.24) is 9.29 Å². The quantitative estimate of drug-likeness (QED) is 0.692. The summed E-state index contributed by atoms with van der Waals surface area (Å²) < 4.78 is 68.0. The van der Waals surface area contributed by atoms with Crippen molar-refractivity contribution in [2.24, 2.45) is 0 Å². The largest absolute Gasteiger partial charge is 0.409 e. The molecule has 11 heteroatoms. The van der Waals surface area contributed by atoms with Gasteiger partial charge in [-0.1, -0.05) is 23.7 Å². The van der Waals surface area contributed by atoms with Crippen LogP contribution >= 0.6 is 11.6 Å². The van der Waals surface area contributed by atoms with Gasteiger partial charge in [0.05, 0.1) is 5.41 Å². The standard InChI is InChI=1S/C19H19ClF3N3O3S/c1-18(2)14-9-13(10-24-16(14)25(3)17(18)27)30(28,29)26(4)15(19(21,22)23)11-5-7-12(20)8-6-11/h5-10,15H,1-4H3. The number of hydrogen-bond acceptors (Lipinski definition) is 4. The highest BCUT2D eigenvalue weighted by Crippen LogP contribution is 2.43. The minimum atomic E-state index is -4.88. The van der Waals surface area contributed by atoms with E-state index >= 15 is 0 Å². The van der Waals surface area contributed by atoms with E-state index in [0.29, 0.717) is 5.56 Å². The smallest absolute Gasteiger partial charge is 0.299 e. The number of likely N-dealkylation sites (N-methyl/N-ethyl adjacent to an activating group) is 1. The first-order valence-electron chi connectivity index (χ1n) is 8.78. The third-order valence-electron chi connectivity index (χ3n) is 5.21. The molecular weight excluding hydrogens is 443 g/mol. The molecule has 2 heterocycles. The van der Waals surface area contributed by atoms with Crippen LogP contribution in [0.15, 0.2) is 41.4 Å². The molecule has 0 spiro atoms. The van der Waals surface area contributed by atoms with Gasteiger partial charge < -0.3 is 0 Å². The summed E-state index contributed by atoms with van der Waals surface area (Å²) in [5.74, 6) is -0.0149. The number of amides is 1. The second-order valence-corrected chi connectivity index (χ2v) is 9.98. The molecule has 1 aromatic heterocycles. The Morgan fingerprint density at radius 2 is 1.77 bits per heavy atom. The number of carbonyl (C=O) groups is 1. The number of benzene rings is 1. The van der Waals surface area contributed by atoms with Gasteiger partial charge in [-0.15, -0.1) is 0 Å². The van der Waals surface area contributed by atoms with Gasteiger partial charge in [0.1, 0.15) is 16.8 Å². The maximum absolute atomic E-state index is 13.8. The third kappa shape index (κ3) is 3.57. The van der Waals surface area contributed by atoms with Crippen LogP contribution in [0, 0.1) is 0 Å². The summed E-state index contributed by atoms with van der Waals surface area (Å²) in [5, 5.41) is 0.226. The summed E-state index contributed by atoms with van der Waals surface area (Å²) in [7, 11) is -2.24. The van der Waals surface area contributed by atoms with Crippen LogP contribution in [0.3, 0.4) is 0 Å². The van der Waals surface area contributed by atoms with Crippen LogP contribution in [0.25, 0.3) is 0 Å². The Balaban J connectivity index is 2.09. The molecule has 1 aliphatic heterocycles. The number of sulfonamides is 1. The zero-order valence-electron chi connectivity index (χ0n) is 16.5. The minimum Gasteiger partial charge on any atom is -0.299 e. The molecule has 1 unspecified atom stereocenters. The molecule has 0 radical (unpaired) electrons. The van der Waals surface area contributed by atoms with Crippen LogP contribution in [0.4, 0.5) is 19.0 Å². The molecule has 0 saturated heterocycles. The van der Waals surface area contributed by atoms with Gasteiger partial charge in [0.2, 0.25) is 15.9 Å². The van der Waals surface area contributed by atoms with Gasteiger partial charge in [0, 0.05) is 30.9 Å². The molecule has 0 aliphatic carbocycles. The zero-order valence-corrected chi connectivity index (χ0v) is 18.1. The predicted molar refractivity (Wildman–Crippen MR) is 106 cm³/mol. The van der Waals surface area contributed by atoms with Gasteiger partial charge in [-0.2, -0.15) is 17.5 Å². The number of pyridine rings is 1. The molecule has 0 bridgehead atoms. The summed E-state index contributed by atoms with van der Waals surface area (Å²) in [6, 6.07) is 3.57. The average molecular weight is 462 g/mol. The molecule has 0 fully saturated rings. The van der Waals surface area contributed by atoms with Crippen molar-refractivity contribution < 1.29 is 26.4 Å². The minimum absolute atomic E-state index is 0.226. The highest BCUT2D eigenvalue weighted by atomic mass is 35.5. The van der Waals surface area contributed by atoms with Gasteiger partial charge >= 0.3 is 6.18 Å². The van der Waals surface area contributed by atoms with Crippen molar-refractivity contribution in [2.75, 3.05) is 19.0 Å². The second-order valence-electron chi connectivity index (χ2n) is 7.55. The Kier molecular flexibility index (Phi) is 5.41. The fraction of sp³-hybridized carbons (Fsp3) is 0.368. The Morgan fingerprint density at radius 3 is 2.30 bits per heavy atom. The number of rotatable bonds is 4. The highest BCUT2D eigenvalue weighted by Gasteiger charge is 2.49. The number of halogens is 4. The normalized spacial score (nSPS) is 17.4. The molecule has 30 heavy (non-hydrogen) atoms. The lowest BCUT2D eigenvalue weighted by molar-refractivity contribution is -0.171. The third-order valence-corrected chi connectivity index (χ3v) is 7.25. The first kappa shape index (κ1) is 22.5. The van der Waals surface area contributed by atoms with Gasteiger partial charge in [0.15, 0.2) is 0 Å². The SMILES string of the molecule is CN1C(=O)C(C)(C)c2cc(S(=O)(=O)N(C)C(c3ccc(Cl)cc3)C(F)(F)F)cnc21. The van der Waals surface area contributed by atoms with E-state index in [1.165, 1.54) is 30.1 Å². The zero-order chi connectivity index (χ0) is 22.6. The topological polar surface area (TPSA) is 70.6 Å². The Labute approximate surface area is 177 Å². The summed E-state index contributed by atoms with van der Waals surface area (Å²) in [6.07, 6.45) is -3.92. The lowest BCUT2D eigenvalue weighted by atomic mass is 9.87. The lowest BCUT2D eigenvalue weighted by Gasteiger charge is -2.29. The van der Waals surface area contributed by atoms with E-state index in [0.717, 1.165) is 25.4 Å². The molecule has 1 aromatic carbocycles. The molecule has 1 atom stereocenters. The Morgan fingerprint density at radius 1 is 1.20 bits per heavy atom. The molecular formula is C19H19ClF3N3O3S. The molecule has 0 N–H and O–H groups in total. The first-order chi connectivity index (χ1) is 13.7. The van der Waals surface area contributed by atoms with E-state index in [-0.39, 0.29) is 26.6 Å². The van der Waals surface area contributed by atoms with E-state index in [1.54, 1.807) is 13.8 Å². The summed E-state index contributed by atoms with van der Waals surface area (Å²) in [4.78, 5) is 17.3. The summed E-state index contributed by atoms with van der Waals surface area (Å²) >= 11 is 5.75. The Hall–Kier alpha value is -2.17.